The summed E-state index contributed by atoms with van der Waals surface area (Å²) in [5.41, 5.74) is 2.22. The maximum atomic E-state index is 12.4. The summed E-state index contributed by atoms with van der Waals surface area (Å²) in [5.74, 6) is 0.312. The number of anilines is 1. The fraction of sp³-hybridized carbons (Fsp3) is 0.182. The number of carbonyl (C=O) groups excluding carboxylic acids is 2. The third-order valence-electron chi connectivity index (χ3n) is 4.31. The number of hydrogen-bond donors (Lipinski definition) is 2. The Morgan fingerprint density at radius 1 is 1.16 bits per heavy atom. The molecule has 1 heterocycles. The van der Waals surface area contributed by atoms with E-state index in [0.717, 1.165) is 5.56 Å². The van der Waals surface area contributed by atoms with Gasteiger partial charge in [-0.15, -0.1) is 16.8 Å². The Morgan fingerprint density at radius 3 is 2.61 bits per heavy atom. The number of benzene rings is 2. The lowest BCUT2D eigenvalue weighted by molar-refractivity contribution is -0.113. The van der Waals surface area contributed by atoms with Gasteiger partial charge < -0.3 is 15.2 Å². The zero-order valence-electron chi connectivity index (χ0n) is 17.0. The van der Waals surface area contributed by atoms with Crippen molar-refractivity contribution in [2.75, 3.05) is 11.1 Å². The summed E-state index contributed by atoms with van der Waals surface area (Å²) < 4.78 is 1.82. The molecule has 0 unspecified atom stereocenters. The van der Waals surface area contributed by atoms with Gasteiger partial charge in [-0.25, -0.2) is 0 Å². The van der Waals surface area contributed by atoms with Crippen molar-refractivity contribution >= 4 is 40.9 Å². The Hall–Kier alpha value is -3.10. The van der Waals surface area contributed by atoms with Crippen molar-refractivity contribution in [2.24, 2.45) is 0 Å². The molecule has 0 aliphatic carbocycles. The minimum absolute atomic E-state index is 0.135. The molecule has 2 N–H and O–H groups in total. The van der Waals surface area contributed by atoms with Crippen molar-refractivity contribution in [2.45, 2.75) is 25.2 Å². The summed E-state index contributed by atoms with van der Waals surface area (Å²) >= 11 is 7.32. The first-order valence-corrected chi connectivity index (χ1v) is 10.9. The molecule has 3 aromatic rings. The standard InChI is InChI=1S/C22H22ClN5O2S/c1-3-12-28-19(13-24-21(30)16-10-8-15(2)9-11-16)26-27-22(28)31-14-20(29)25-18-7-5-4-6-17(18)23/h3-11H,1,12-14H2,2H3,(H,24,30)(H,25,29). The molecule has 3 rings (SSSR count). The van der Waals surface area contributed by atoms with Crippen LogP contribution in [-0.4, -0.2) is 32.3 Å². The van der Waals surface area contributed by atoms with Crippen LogP contribution in [0.4, 0.5) is 5.69 Å². The Balaban J connectivity index is 1.61. The lowest BCUT2D eigenvalue weighted by atomic mass is 10.1. The maximum Gasteiger partial charge on any atom is 0.251 e. The highest BCUT2D eigenvalue weighted by Gasteiger charge is 2.15. The third kappa shape index (κ3) is 6.19. The Morgan fingerprint density at radius 2 is 1.90 bits per heavy atom. The van der Waals surface area contributed by atoms with Gasteiger partial charge in [0, 0.05) is 12.1 Å². The van der Waals surface area contributed by atoms with Crippen LogP contribution in [0, 0.1) is 6.92 Å². The molecule has 9 heteroatoms. The van der Waals surface area contributed by atoms with Gasteiger partial charge in [-0.3, -0.25) is 9.59 Å². The summed E-state index contributed by atoms with van der Waals surface area (Å²) in [4.78, 5) is 24.6. The summed E-state index contributed by atoms with van der Waals surface area (Å²) in [6.45, 7) is 6.39. The zero-order chi connectivity index (χ0) is 22.2. The number of allylic oxidation sites excluding steroid dienone is 1. The van der Waals surface area contributed by atoms with Crippen LogP contribution in [0.15, 0.2) is 66.3 Å². The first-order chi connectivity index (χ1) is 15.0. The molecular formula is C22H22ClN5O2S. The number of rotatable bonds is 9. The van der Waals surface area contributed by atoms with Gasteiger partial charge >= 0.3 is 0 Å². The van der Waals surface area contributed by atoms with Crippen LogP contribution in [0.3, 0.4) is 0 Å². The predicted octanol–water partition coefficient (Wildman–Crippen LogP) is 4.09. The van der Waals surface area contributed by atoms with E-state index in [1.54, 1.807) is 42.5 Å². The first kappa shape index (κ1) is 22.6. The van der Waals surface area contributed by atoms with E-state index in [0.29, 0.717) is 33.8 Å². The quantitative estimate of drug-likeness (QED) is 0.375. The topological polar surface area (TPSA) is 88.9 Å². The van der Waals surface area contributed by atoms with Gasteiger partial charge in [-0.1, -0.05) is 59.3 Å². The summed E-state index contributed by atoms with van der Waals surface area (Å²) in [6.07, 6.45) is 1.71. The highest BCUT2D eigenvalue weighted by molar-refractivity contribution is 7.99. The molecule has 0 atom stereocenters. The number of nitrogens with one attached hydrogen (secondary N) is 2. The molecule has 0 saturated carbocycles. The molecule has 0 bridgehead atoms. The van der Waals surface area contributed by atoms with Gasteiger partial charge in [0.05, 0.1) is 23.0 Å². The second-order valence-corrected chi connectivity index (χ2v) is 8.01. The van der Waals surface area contributed by atoms with Gasteiger partial charge in [-0.05, 0) is 31.2 Å². The molecule has 0 radical (unpaired) electrons. The Labute approximate surface area is 189 Å². The Bertz CT molecular complexity index is 1080. The van der Waals surface area contributed by atoms with E-state index in [2.05, 4.69) is 27.4 Å². The largest absolute Gasteiger partial charge is 0.345 e. The molecule has 160 valence electrons. The molecule has 1 aromatic heterocycles. The molecule has 0 aliphatic heterocycles. The molecule has 0 aliphatic rings. The van der Waals surface area contributed by atoms with E-state index in [1.165, 1.54) is 11.8 Å². The number of amides is 2. The zero-order valence-corrected chi connectivity index (χ0v) is 18.5. The lowest BCUT2D eigenvalue weighted by Crippen LogP contribution is -2.24. The number of aryl methyl sites for hydroxylation is 1. The van der Waals surface area contributed by atoms with E-state index >= 15 is 0 Å². The molecule has 0 spiro atoms. The second-order valence-electron chi connectivity index (χ2n) is 6.66. The van der Waals surface area contributed by atoms with Crippen LogP contribution >= 0.6 is 23.4 Å². The van der Waals surface area contributed by atoms with Gasteiger partial charge in [0.15, 0.2) is 11.0 Å². The average Bonchev–Trinajstić information content (AvgIpc) is 3.14. The predicted molar refractivity (Wildman–Crippen MR) is 123 cm³/mol. The Kier molecular flexibility index (Phi) is 7.86. The van der Waals surface area contributed by atoms with E-state index in [9.17, 15) is 9.59 Å². The van der Waals surface area contributed by atoms with Crippen LogP contribution in [0.2, 0.25) is 5.02 Å². The number of nitrogens with zero attached hydrogens (tertiary/aromatic N) is 3. The first-order valence-electron chi connectivity index (χ1n) is 9.53. The van der Waals surface area contributed by atoms with Crippen molar-refractivity contribution in [1.82, 2.24) is 20.1 Å². The minimum Gasteiger partial charge on any atom is -0.345 e. The van der Waals surface area contributed by atoms with Gasteiger partial charge in [-0.2, -0.15) is 0 Å². The smallest absolute Gasteiger partial charge is 0.251 e. The maximum absolute atomic E-state index is 12.4. The third-order valence-corrected chi connectivity index (χ3v) is 5.60. The molecule has 2 aromatic carbocycles. The minimum atomic E-state index is -0.208. The molecular weight excluding hydrogens is 434 g/mol. The lowest BCUT2D eigenvalue weighted by Gasteiger charge is -2.09. The average molecular weight is 456 g/mol. The number of carbonyl (C=O) groups is 2. The normalized spacial score (nSPS) is 10.5. The summed E-state index contributed by atoms with van der Waals surface area (Å²) in [5, 5.41) is 15.0. The van der Waals surface area contributed by atoms with E-state index in [-0.39, 0.29) is 24.1 Å². The highest BCUT2D eigenvalue weighted by Crippen LogP contribution is 2.22. The highest BCUT2D eigenvalue weighted by atomic mass is 35.5. The van der Waals surface area contributed by atoms with Crippen molar-refractivity contribution in [1.29, 1.82) is 0 Å². The monoisotopic (exact) mass is 455 g/mol. The fourth-order valence-corrected chi connectivity index (χ4v) is 3.66. The molecule has 0 saturated heterocycles. The van der Waals surface area contributed by atoms with Crippen molar-refractivity contribution in [3.63, 3.8) is 0 Å². The number of aromatic nitrogens is 3. The fourth-order valence-electron chi connectivity index (χ4n) is 2.71. The van der Waals surface area contributed by atoms with Crippen LogP contribution < -0.4 is 10.6 Å². The van der Waals surface area contributed by atoms with E-state index in [4.69, 9.17) is 11.6 Å². The van der Waals surface area contributed by atoms with Crippen molar-refractivity contribution in [3.05, 3.63) is 83.2 Å². The van der Waals surface area contributed by atoms with E-state index < -0.39 is 0 Å². The van der Waals surface area contributed by atoms with Crippen LogP contribution in [0.25, 0.3) is 0 Å². The van der Waals surface area contributed by atoms with Crippen LogP contribution in [-0.2, 0) is 17.9 Å². The van der Waals surface area contributed by atoms with Crippen molar-refractivity contribution < 1.29 is 9.59 Å². The number of thioether (sulfide) groups is 1. The van der Waals surface area contributed by atoms with Crippen LogP contribution in [0.1, 0.15) is 21.7 Å². The number of halogens is 1. The molecule has 31 heavy (non-hydrogen) atoms. The van der Waals surface area contributed by atoms with Gasteiger partial charge in [0.2, 0.25) is 5.91 Å². The summed E-state index contributed by atoms with van der Waals surface area (Å²) in [6, 6.07) is 14.4. The molecule has 0 fully saturated rings. The van der Waals surface area contributed by atoms with Gasteiger partial charge in [0.1, 0.15) is 0 Å². The SMILES string of the molecule is C=CCn1c(CNC(=O)c2ccc(C)cc2)nnc1SCC(=O)Nc1ccccc1Cl. The van der Waals surface area contributed by atoms with Gasteiger partial charge in [0.25, 0.3) is 5.91 Å². The molecule has 2 amide bonds. The second kappa shape index (κ2) is 10.8. The van der Waals surface area contributed by atoms with E-state index in [1.807, 2.05) is 23.6 Å². The summed E-state index contributed by atoms with van der Waals surface area (Å²) in [7, 11) is 0. The van der Waals surface area contributed by atoms with Crippen molar-refractivity contribution in [3.8, 4) is 0 Å². The number of hydrogen-bond acceptors (Lipinski definition) is 5. The molecule has 7 nitrogen and oxygen atoms in total. The number of para-hydroxylation sites is 1. The van der Waals surface area contributed by atoms with Crippen LogP contribution in [0.5, 0.6) is 0 Å².